The van der Waals surface area contributed by atoms with Gasteiger partial charge in [0.15, 0.2) is 0 Å². The highest BCUT2D eigenvalue weighted by Crippen LogP contribution is 2.45. The summed E-state index contributed by atoms with van der Waals surface area (Å²) in [5, 5.41) is 4.66. The smallest absolute Gasteiger partial charge is 0.0818 e. The van der Waals surface area contributed by atoms with E-state index in [1.54, 1.807) is 22.7 Å². The maximum Gasteiger partial charge on any atom is 0.0818 e. The van der Waals surface area contributed by atoms with Crippen molar-refractivity contribution < 1.29 is 0 Å². The first-order valence-corrected chi connectivity index (χ1v) is 19.5. The Morgan fingerprint density at radius 3 is 1.22 bits per heavy atom. The minimum Gasteiger partial charge on any atom is -0.255 e. The van der Waals surface area contributed by atoms with E-state index in [1.165, 1.54) is 33.0 Å². The third-order valence-electron chi connectivity index (χ3n) is 9.98. The summed E-state index contributed by atoms with van der Waals surface area (Å²) in [6, 6.07) is 52.5. The van der Waals surface area contributed by atoms with Crippen LogP contribution in [0.4, 0.5) is 0 Å². The number of fused-ring (bicyclic) bond motifs is 2. The highest BCUT2D eigenvalue weighted by Gasteiger charge is 2.19. The second-order valence-electron chi connectivity index (χ2n) is 13.2. The zero-order valence-corrected chi connectivity index (χ0v) is 30.6. The third kappa shape index (κ3) is 5.88. The van der Waals surface area contributed by atoms with Crippen molar-refractivity contribution >= 4 is 44.2 Å². The minimum absolute atomic E-state index is 0.922. The van der Waals surface area contributed by atoms with Crippen molar-refractivity contribution in [3.8, 4) is 76.8 Å². The second kappa shape index (κ2) is 13.7. The first kappa shape index (κ1) is 32.1. The monoisotopic (exact) mass is 726 g/mol. The molecule has 0 saturated carbocycles. The molecular formula is C48H30N4S2. The van der Waals surface area contributed by atoms with Gasteiger partial charge in [0.05, 0.1) is 32.2 Å². The molecule has 0 aliphatic heterocycles. The van der Waals surface area contributed by atoms with E-state index in [9.17, 15) is 0 Å². The fourth-order valence-electron chi connectivity index (χ4n) is 7.43. The van der Waals surface area contributed by atoms with Crippen LogP contribution in [-0.4, -0.2) is 19.9 Å². The standard InChI is InChI=1S/C48H30N4S2/c1-3-9-31(10-4-1)36-21-37(32-11-5-2-6-12-32)23-38(22-36)33-15-18-41-42(24-33)48(35-17-20-44(52-26-35)46-28-50-30-54-46)40-14-8-7-13-39(40)47(41)34-16-19-43(51-25-34)45-27-49-29-53-45/h1-30H. The average molecular weight is 727 g/mol. The van der Waals surface area contributed by atoms with Gasteiger partial charge in [-0.15, -0.1) is 22.7 Å². The fourth-order valence-corrected chi connectivity index (χ4v) is 8.63. The largest absolute Gasteiger partial charge is 0.255 e. The molecule has 4 aromatic heterocycles. The molecule has 0 unspecified atom stereocenters. The number of thiazole rings is 2. The van der Waals surface area contributed by atoms with Crippen LogP contribution in [0.25, 0.3) is 98.3 Å². The van der Waals surface area contributed by atoms with Crippen LogP contribution in [0.3, 0.4) is 0 Å². The van der Waals surface area contributed by atoms with Crippen LogP contribution in [0.5, 0.6) is 0 Å². The molecule has 254 valence electrons. The number of rotatable bonds is 7. The van der Waals surface area contributed by atoms with Gasteiger partial charge in [0, 0.05) is 35.9 Å². The zero-order chi connectivity index (χ0) is 35.8. The topological polar surface area (TPSA) is 51.6 Å². The highest BCUT2D eigenvalue weighted by molar-refractivity contribution is 7.13. The molecule has 0 radical (unpaired) electrons. The zero-order valence-electron chi connectivity index (χ0n) is 28.9. The Morgan fingerprint density at radius 1 is 0.315 bits per heavy atom. The van der Waals surface area contributed by atoms with Crippen LogP contribution in [0, 0.1) is 0 Å². The van der Waals surface area contributed by atoms with Crippen LogP contribution < -0.4 is 0 Å². The van der Waals surface area contributed by atoms with E-state index < -0.39 is 0 Å². The lowest BCUT2D eigenvalue weighted by Gasteiger charge is -2.19. The Bertz CT molecular complexity index is 2830. The molecule has 0 amide bonds. The Labute approximate surface area is 320 Å². The van der Waals surface area contributed by atoms with Crippen molar-refractivity contribution in [1.29, 1.82) is 0 Å². The Morgan fingerprint density at radius 2 is 0.759 bits per heavy atom. The number of benzene rings is 6. The molecule has 0 bridgehead atoms. The second-order valence-corrected chi connectivity index (χ2v) is 15.0. The van der Waals surface area contributed by atoms with E-state index >= 15 is 0 Å². The average Bonchev–Trinajstić information content (AvgIpc) is 4.00. The molecular weight excluding hydrogens is 697 g/mol. The first-order chi connectivity index (χ1) is 26.8. The summed E-state index contributed by atoms with van der Waals surface area (Å²) in [7, 11) is 0. The Balaban J connectivity index is 1.23. The number of pyridine rings is 2. The van der Waals surface area contributed by atoms with E-state index in [0.717, 1.165) is 65.3 Å². The van der Waals surface area contributed by atoms with Gasteiger partial charge in [-0.05, 0) is 102 Å². The van der Waals surface area contributed by atoms with Gasteiger partial charge in [0.1, 0.15) is 0 Å². The lowest BCUT2D eigenvalue weighted by molar-refractivity contribution is 1.33. The summed E-state index contributed by atoms with van der Waals surface area (Å²) in [4.78, 5) is 20.5. The third-order valence-corrected chi connectivity index (χ3v) is 11.6. The lowest BCUT2D eigenvalue weighted by Crippen LogP contribution is -1.93. The molecule has 4 heterocycles. The molecule has 0 aliphatic carbocycles. The van der Waals surface area contributed by atoms with Crippen LogP contribution in [0.1, 0.15) is 0 Å². The Kier molecular flexibility index (Phi) is 8.17. The molecule has 0 atom stereocenters. The van der Waals surface area contributed by atoms with Gasteiger partial charge < -0.3 is 0 Å². The summed E-state index contributed by atoms with van der Waals surface area (Å²) < 4.78 is 0. The maximum atomic E-state index is 4.95. The van der Waals surface area contributed by atoms with Gasteiger partial charge in [-0.3, -0.25) is 19.9 Å². The Hall–Kier alpha value is -6.60. The van der Waals surface area contributed by atoms with Crippen molar-refractivity contribution in [2.24, 2.45) is 0 Å². The summed E-state index contributed by atoms with van der Waals surface area (Å²) in [5.41, 5.74) is 17.0. The van der Waals surface area contributed by atoms with Crippen molar-refractivity contribution in [2.75, 3.05) is 0 Å². The normalized spacial score (nSPS) is 11.3. The molecule has 6 heteroatoms. The van der Waals surface area contributed by atoms with Crippen LogP contribution in [0.2, 0.25) is 0 Å². The fraction of sp³-hybridized carbons (Fsp3) is 0. The SMILES string of the molecule is c1ccc(-c2cc(-c3ccccc3)cc(-c3ccc4c(-c5ccc(-c6cncs6)nc5)c5ccccc5c(-c5ccc(-c6cncs6)nc5)c4c3)c2)cc1. The van der Waals surface area contributed by atoms with Gasteiger partial charge in [-0.2, -0.15) is 0 Å². The minimum atomic E-state index is 0.922. The van der Waals surface area contributed by atoms with Crippen molar-refractivity contribution in [3.05, 3.63) is 181 Å². The molecule has 10 aromatic rings. The summed E-state index contributed by atoms with van der Waals surface area (Å²) in [6.45, 7) is 0. The van der Waals surface area contributed by atoms with E-state index in [-0.39, 0.29) is 0 Å². The van der Waals surface area contributed by atoms with Crippen LogP contribution in [0.15, 0.2) is 181 Å². The number of nitrogens with zero attached hydrogens (tertiary/aromatic N) is 4. The van der Waals surface area contributed by atoms with Crippen LogP contribution in [-0.2, 0) is 0 Å². The molecule has 10 rings (SSSR count). The quantitative estimate of drug-likeness (QED) is 0.153. The van der Waals surface area contributed by atoms with E-state index in [0.29, 0.717) is 0 Å². The van der Waals surface area contributed by atoms with E-state index in [4.69, 9.17) is 9.97 Å². The van der Waals surface area contributed by atoms with E-state index in [1.807, 2.05) is 35.8 Å². The molecule has 0 fully saturated rings. The predicted octanol–water partition coefficient (Wildman–Crippen LogP) is 13.4. The van der Waals surface area contributed by atoms with Gasteiger partial charge in [0.25, 0.3) is 0 Å². The van der Waals surface area contributed by atoms with Crippen LogP contribution >= 0.6 is 22.7 Å². The van der Waals surface area contributed by atoms with Crippen molar-refractivity contribution in [1.82, 2.24) is 19.9 Å². The summed E-state index contributed by atoms with van der Waals surface area (Å²) in [5.74, 6) is 0. The number of hydrogen-bond donors (Lipinski definition) is 0. The van der Waals surface area contributed by atoms with Gasteiger partial charge in [0.2, 0.25) is 0 Å². The molecule has 0 saturated heterocycles. The molecule has 4 nitrogen and oxygen atoms in total. The van der Waals surface area contributed by atoms with Crippen molar-refractivity contribution in [3.63, 3.8) is 0 Å². The van der Waals surface area contributed by atoms with E-state index in [2.05, 4.69) is 156 Å². The highest BCUT2D eigenvalue weighted by atomic mass is 32.1. The maximum absolute atomic E-state index is 4.95. The van der Waals surface area contributed by atoms with Gasteiger partial charge in [-0.25, -0.2) is 0 Å². The molecule has 0 spiro atoms. The summed E-state index contributed by atoms with van der Waals surface area (Å²) >= 11 is 3.20. The lowest BCUT2D eigenvalue weighted by atomic mass is 9.85. The van der Waals surface area contributed by atoms with Gasteiger partial charge >= 0.3 is 0 Å². The first-order valence-electron chi connectivity index (χ1n) is 17.7. The summed E-state index contributed by atoms with van der Waals surface area (Å²) in [6.07, 6.45) is 7.76. The predicted molar refractivity (Wildman–Crippen MR) is 226 cm³/mol. The van der Waals surface area contributed by atoms with Gasteiger partial charge in [-0.1, -0.05) is 109 Å². The number of hydrogen-bond acceptors (Lipinski definition) is 6. The molecule has 0 aliphatic rings. The molecule has 54 heavy (non-hydrogen) atoms. The number of aromatic nitrogens is 4. The molecule has 0 N–H and O–H groups in total. The molecule has 6 aromatic carbocycles. The van der Waals surface area contributed by atoms with Crippen molar-refractivity contribution in [2.45, 2.75) is 0 Å².